The van der Waals surface area contributed by atoms with Crippen molar-refractivity contribution >= 4 is 23.1 Å². The molecule has 0 bridgehead atoms. The van der Waals surface area contributed by atoms with Gasteiger partial charge in [-0.2, -0.15) is 0 Å². The first-order valence-electron chi connectivity index (χ1n) is 11.6. The Morgan fingerprint density at radius 2 is 2.00 bits per heavy atom. The molecule has 5 heterocycles. The second kappa shape index (κ2) is 8.59. The molecule has 36 heavy (non-hydrogen) atoms. The van der Waals surface area contributed by atoms with Gasteiger partial charge in [-0.3, -0.25) is 13.6 Å². The van der Waals surface area contributed by atoms with Gasteiger partial charge in [-0.25, -0.2) is 14.4 Å². The van der Waals surface area contributed by atoms with Crippen molar-refractivity contribution in [3.05, 3.63) is 71.3 Å². The van der Waals surface area contributed by atoms with E-state index in [0.717, 1.165) is 39.5 Å². The van der Waals surface area contributed by atoms with Crippen LogP contribution in [0, 0.1) is 12.7 Å². The fraction of sp³-hybridized carbons (Fsp3) is 0.240. The van der Waals surface area contributed by atoms with E-state index in [9.17, 15) is 9.18 Å². The number of halogens is 1. The van der Waals surface area contributed by atoms with Crippen LogP contribution in [0.5, 0.6) is 5.75 Å². The molecule has 0 spiro atoms. The number of benzene rings is 1. The van der Waals surface area contributed by atoms with E-state index in [0.29, 0.717) is 36.7 Å². The van der Waals surface area contributed by atoms with Crippen molar-refractivity contribution in [3.8, 4) is 16.9 Å². The predicted molar refractivity (Wildman–Crippen MR) is 130 cm³/mol. The molecule has 10 nitrogen and oxygen atoms in total. The average Bonchev–Trinajstić information content (AvgIpc) is 3.62. The maximum absolute atomic E-state index is 14.6. The van der Waals surface area contributed by atoms with Crippen LogP contribution < -0.4 is 15.4 Å². The Kier molecular flexibility index (Phi) is 5.24. The molecule has 6 rings (SSSR count). The molecule has 1 aliphatic heterocycles. The smallest absolute Gasteiger partial charge is 0.217 e. The molecule has 11 heteroatoms. The van der Waals surface area contributed by atoms with Crippen molar-refractivity contribution in [3.63, 3.8) is 0 Å². The van der Waals surface area contributed by atoms with Gasteiger partial charge in [0, 0.05) is 54.0 Å². The third kappa shape index (κ3) is 3.60. The van der Waals surface area contributed by atoms with E-state index in [4.69, 9.17) is 4.74 Å². The lowest BCUT2D eigenvalue weighted by Gasteiger charge is -2.13. The van der Waals surface area contributed by atoms with Crippen molar-refractivity contribution in [2.24, 2.45) is 0 Å². The van der Waals surface area contributed by atoms with Crippen LogP contribution >= 0.6 is 0 Å². The largest absolute Gasteiger partial charge is 0.493 e. The van der Waals surface area contributed by atoms with E-state index in [1.165, 1.54) is 13.0 Å². The van der Waals surface area contributed by atoms with Crippen molar-refractivity contribution in [2.75, 3.05) is 11.9 Å². The van der Waals surface area contributed by atoms with Crippen LogP contribution in [-0.4, -0.2) is 41.5 Å². The number of aryl methyl sites for hydroxylation is 1. The number of nitrogens with zero attached hydrogens (tertiary/aromatic N) is 6. The molecule has 1 aliphatic rings. The molecule has 0 radical (unpaired) electrons. The second-order valence-corrected chi connectivity index (χ2v) is 8.68. The summed E-state index contributed by atoms with van der Waals surface area (Å²) >= 11 is 0. The lowest BCUT2D eigenvalue weighted by atomic mass is 10.0. The molecule has 4 aromatic heterocycles. The molecule has 182 valence electrons. The molecule has 0 aliphatic carbocycles. The highest BCUT2D eigenvalue weighted by atomic mass is 19.1. The summed E-state index contributed by atoms with van der Waals surface area (Å²) in [4.78, 5) is 20.7. The SMILES string of the molecule is CC(=O)NCc1cnc2c(-c3cnc(NCc4c(F)ccc5c4CCO5)n4cnnc34)ccc(C)n12. The summed E-state index contributed by atoms with van der Waals surface area (Å²) in [6, 6.07) is 7.06. The van der Waals surface area contributed by atoms with Gasteiger partial charge < -0.3 is 15.4 Å². The van der Waals surface area contributed by atoms with Gasteiger partial charge in [0.1, 0.15) is 23.5 Å². The Labute approximate surface area is 205 Å². The molecule has 0 atom stereocenters. The minimum Gasteiger partial charge on any atom is -0.493 e. The number of pyridine rings is 1. The van der Waals surface area contributed by atoms with Gasteiger partial charge in [0.15, 0.2) is 5.65 Å². The van der Waals surface area contributed by atoms with Crippen LogP contribution in [0.3, 0.4) is 0 Å². The van der Waals surface area contributed by atoms with E-state index in [1.54, 1.807) is 29.2 Å². The van der Waals surface area contributed by atoms with Crippen molar-refractivity contribution in [1.82, 2.24) is 34.3 Å². The Morgan fingerprint density at radius 3 is 2.86 bits per heavy atom. The van der Waals surface area contributed by atoms with E-state index >= 15 is 0 Å². The Balaban J connectivity index is 1.37. The number of aromatic nitrogens is 6. The lowest BCUT2D eigenvalue weighted by Crippen LogP contribution is -2.20. The zero-order chi connectivity index (χ0) is 24.8. The van der Waals surface area contributed by atoms with Gasteiger partial charge in [0.25, 0.3) is 0 Å². The topological polar surface area (TPSA) is 111 Å². The summed E-state index contributed by atoms with van der Waals surface area (Å²) < 4.78 is 23.9. The number of imidazole rings is 1. The van der Waals surface area contributed by atoms with Crippen molar-refractivity contribution in [1.29, 1.82) is 0 Å². The second-order valence-electron chi connectivity index (χ2n) is 8.68. The number of carbonyl (C=O) groups excluding carboxylic acids is 1. The summed E-state index contributed by atoms with van der Waals surface area (Å²) in [5.74, 6) is 0.836. The Bertz CT molecular complexity index is 1640. The minimum atomic E-state index is -0.278. The summed E-state index contributed by atoms with van der Waals surface area (Å²) in [5.41, 5.74) is 6.20. The first kappa shape index (κ1) is 22.0. The van der Waals surface area contributed by atoms with Gasteiger partial charge in [-0.15, -0.1) is 10.2 Å². The zero-order valence-electron chi connectivity index (χ0n) is 19.7. The number of amides is 1. The highest BCUT2D eigenvalue weighted by Crippen LogP contribution is 2.32. The minimum absolute atomic E-state index is 0.107. The van der Waals surface area contributed by atoms with Crippen molar-refractivity contribution < 1.29 is 13.9 Å². The van der Waals surface area contributed by atoms with Gasteiger partial charge in [-0.1, -0.05) is 0 Å². The van der Waals surface area contributed by atoms with Crippen LogP contribution in [0.1, 0.15) is 29.4 Å². The Morgan fingerprint density at radius 1 is 1.11 bits per heavy atom. The molecular weight excluding hydrogens is 463 g/mol. The van der Waals surface area contributed by atoms with Crippen LogP contribution in [0.4, 0.5) is 10.3 Å². The standard InChI is InChI=1S/C25H23FN8O2/c1-14-3-4-18(23-28-10-16(34(14)23)9-27-15(2)35)20-12-30-25(33-13-31-32-24(20)33)29-11-19-17-7-8-36-22(17)6-5-21(19)26/h3-6,10,12-13H,7-9,11H2,1-2H3,(H,27,35)(H,29,30). The van der Waals surface area contributed by atoms with Gasteiger partial charge in [0.2, 0.25) is 11.9 Å². The molecule has 1 amide bonds. The predicted octanol–water partition coefficient (Wildman–Crippen LogP) is 3.07. The van der Waals surface area contributed by atoms with E-state index in [1.807, 2.05) is 23.5 Å². The number of hydrogen-bond acceptors (Lipinski definition) is 7. The number of rotatable bonds is 6. The lowest BCUT2D eigenvalue weighted by molar-refractivity contribution is -0.119. The average molecular weight is 487 g/mol. The highest BCUT2D eigenvalue weighted by Gasteiger charge is 2.21. The quantitative estimate of drug-likeness (QED) is 0.380. The molecule has 0 saturated heterocycles. The number of ether oxygens (including phenoxy) is 1. The molecule has 5 aromatic rings. The van der Waals surface area contributed by atoms with Crippen LogP contribution in [0.2, 0.25) is 0 Å². The number of anilines is 1. The third-order valence-electron chi connectivity index (χ3n) is 6.43. The maximum Gasteiger partial charge on any atom is 0.217 e. The van der Waals surface area contributed by atoms with Crippen LogP contribution in [-0.2, 0) is 24.3 Å². The molecule has 0 saturated carbocycles. The summed E-state index contributed by atoms with van der Waals surface area (Å²) in [6.45, 7) is 4.64. The zero-order valence-corrected chi connectivity index (χ0v) is 19.7. The van der Waals surface area contributed by atoms with Gasteiger partial charge in [0.05, 0.1) is 25.0 Å². The molecule has 0 unspecified atom stereocenters. The van der Waals surface area contributed by atoms with E-state index < -0.39 is 0 Å². The van der Waals surface area contributed by atoms with Crippen LogP contribution in [0.25, 0.3) is 22.4 Å². The summed E-state index contributed by atoms with van der Waals surface area (Å²) in [6.07, 6.45) is 5.72. The Hall–Kier alpha value is -4.54. The normalized spacial score (nSPS) is 12.6. The first-order valence-corrected chi connectivity index (χ1v) is 11.6. The number of nitrogens with one attached hydrogen (secondary N) is 2. The molecule has 2 N–H and O–H groups in total. The van der Waals surface area contributed by atoms with Crippen molar-refractivity contribution in [2.45, 2.75) is 33.4 Å². The van der Waals surface area contributed by atoms with E-state index in [-0.39, 0.29) is 18.3 Å². The first-order chi connectivity index (χ1) is 17.5. The molecule has 1 aromatic carbocycles. The number of fused-ring (bicyclic) bond motifs is 3. The number of carbonyl (C=O) groups is 1. The third-order valence-corrected chi connectivity index (χ3v) is 6.43. The fourth-order valence-electron chi connectivity index (χ4n) is 4.69. The van der Waals surface area contributed by atoms with Gasteiger partial charge >= 0.3 is 0 Å². The fourth-order valence-corrected chi connectivity index (χ4v) is 4.69. The molecule has 0 fully saturated rings. The van der Waals surface area contributed by atoms with E-state index in [2.05, 4.69) is 30.8 Å². The van der Waals surface area contributed by atoms with Crippen LogP contribution in [0.15, 0.2) is 43.0 Å². The maximum atomic E-state index is 14.6. The summed E-state index contributed by atoms with van der Waals surface area (Å²) in [7, 11) is 0. The monoisotopic (exact) mass is 486 g/mol. The summed E-state index contributed by atoms with van der Waals surface area (Å²) in [5, 5.41) is 14.5. The molecular formula is C25H23FN8O2. The number of hydrogen-bond donors (Lipinski definition) is 2. The highest BCUT2D eigenvalue weighted by molar-refractivity contribution is 5.86. The van der Waals surface area contributed by atoms with Gasteiger partial charge in [-0.05, 0) is 31.2 Å².